The monoisotopic (exact) mass is 199 g/mol. The van der Waals surface area contributed by atoms with Crippen LogP contribution in [-0.4, -0.2) is 10.9 Å². The Labute approximate surface area is 80.7 Å². The van der Waals surface area contributed by atoms with Crippen LogP contribution in [0.4, 0.5) is 0 Å². The Balaban J connectivity index is 3.37. The molecule has 3 heteroatoms. The summed E-state index contributed by atoms with van der Waals surface area (Å²) in [5.41, 5.74) is 0. The zero-order valence-corrected chi connectivity index (χ0v) is 8.45. The van der Waals surface area contributed by atoms with Crippen molar-refractivity contribution in [2.24, 2.45) is 0 Å². The highest BCUT2D eigenvalue weighted by Crippen LogP contribution is 1.90. The molecule has 0 aliphatic rings. The summed E-state index contributed by atoms with van der Waals surface area (Å²) in [4.78, 5) is 4.32. The second kappa shape index (κ2) is 4.43. The van der Waals surface area contributed by atoms with E-state index in [9.17, 15) is 0 Å². The molecule has 1 heterocycles. The van der Waals surface area contributed by atoms with E-state index in [2.05, 4.69) is 11.6 Å². The Bertz CT molecular complexity index is 378. The number of allylic oxidation sites excluding steroid dienone is 1. The Morgan fingerprint density at radius 3 is 3.00 bits per heavy atom. The van der Waals surface area contributed by atoms with Crippen LogP contribution in [0.2, 0.25) is 0 Å². The minimum absolute atomic E-state index is 0.501. The van der Waals surface area contributed by atoms with Crippen molar-refractivity contribution in [3.63, 3.8) is 0 Å². The smallest absolute Gasteiger partial charge is 0.0907 e. The highest BCUT2D eigenvalue weighted by atomic mass is 35.5. The van der Waals surface area contributed by atoms with Gasteiger partial charge in [0.05, 0.1) is 14.9 Å². The van der Waals surface area contributed by atoms with Gasteiger partial charge >= 0.3 is 0 Å². The van der Waals surface area contributed by atoms with Gasteiger partial charge < -0.3 is 0 Å². The molecule has 1 aromatic heterocycles. The van der Waals surface area contributed by atoms with Crippen molar-refractivity contribution >= 4 is 35.1 Å². The minimum Gasteiger partial charge on any atom is -0.242 e. The zero-order valence-electron chi connectivity index (χ0n) is 6.88. The number of aryl methyl sites for hydroxylation is 1. The highest BCUT2D eigenvalue weighted by Gasteiger charge is 1.91. The Morgan fingerprint density at radius 1 is 1.67 bits per heavy atom. The van der Waals surface area contributed by atoms with Crippen molar-refractivity contribution in [2.45, 2.75) is 6.92 Å². The molecule has 1 nitrogen and oxygen atoms in total. The van der Waals surface area contributed by atoms with Crippen molar-refractivity contribution in [2.75, 3.05) is 5.88 Å². The van der Waals surface area contributed by atoms with E-state index in [0.717, 1.165) is 14.9 Å². The SMILES string of the molecule is C=C/C=c1/sc(C)n/c1=C/CCl. The number of hydrogen-bond acceptors (Lipinski definition) is 2. The molecular weight excluding hydrogens is 190 g/mol. The number of halogens is 1. The first-order valence-electron chi connectivity index (χ1n) is 3.60. The lowest BCUT2D eigenvalue weighted by molar-refractivity contribution is 1.23. The molecule has 0 unspecified atom stereocenters. The van der Waals surface area contributed by atoms with Gasteiger partial charge in [0.2, 0.25) is 0 Å². The average molecular weight is 200 g/mol. The summed E-state index contributed by atoms with van der Waals surface area (Å²) in [6, 6.07) is 0. The normalized spacial score (nSPS) is 13.8. The van der Waals surface area contributed by atoms with Gasteiger partial charge in [-0.15, -0.1) is 22.9 Å². The largest absolute Gasteiger partial charge is 0.242 e. The predicted octanol–water partition coefficient (Wildman–Crippen LogP) is 1.44. The summed E-state index contributed by atoms with van der Waals surface area (Å²) in [6.07, 6.45) is 5.61. The van der Waals surface area contributed by atoms with E-state index < -0.39 is 0 Å². The lowest BCUT2D eigenvalue weighted by Crippen LogP contribution is -2.20. The summed E-state index contributed by atoms with van der Waals surface area (Å²) < 4.78 is 1.13. The fourth-order valence-electron chi connectivity index (χ4n) is 0.905. The molecule has 1 rings (SSSR count). The van der Waals surface area contributed by atoms with Gasteiger partial charge in [0.1, 0.15) is 0 Å². The van der Waals surface area contributed by atoms with E-state index >= 15 is 0 Å². The number of thiazole rings is 1. The van der Waals surface area contributed by atoms with Crippen LogP contribution in [0, 0.1) is 6.92 Å². The molecule has 0 N–H and O–H groups in total. The molecule has 0 radical (unpaired) electrons. The molecule has 0 aromatic carbocycles. The van der Waals surface area contributed by atoms with Crippen molar-refractivity contribution in [1.29, 1.82) is 0 Å². The van der Waals surface area contributed by atoms with Crippen molar-refractivity contribution in [3.8, 4) is 0 Å². The van der Waals surface area contributed by atoms with Crippen LogP contribution in [0.15, 0.2) is 12.7 Å². The third-order valence-electron chi connectivity index (χ3n) is 1.33. The average Bonchev–Trinajstić information content (AvgIpc) is 2.33. The molecule has 0 saturated heterocycles. The first kappa shape index (κ1) is 9.49. The van der Waals surface area contributed by atoms with Crippen LogP contribution < -0.4 is 9.88 Å². The lowest BCUT2D eigenvalue weighted by Gasteiger charge is -1.74. The number of rotatable bonds is 2. The molecule has 0 aliphatic heterocycles. The van der Waals surface area contributed by atoms with E-state index in [1.165, 1.54) is 0 Å². The molecule has 1 aromatic rings. The van der Waals surface area contributed by atoms with E-state index in [1.54, 1.807) is 17.4 Å². The summed E-state index contributed by atoms with van der Waals surface area (Å²) in [7, 11) is 0. The first-order chi connectivity index (χ1) is 5.77. The highest BCUT2D eigenvalue weighted by molar-refractivity contribution is 7.09. The lowest BCUT2D eigenvalue weighted by atomic mass is 10.5. The van der Waals surface area contributed by atoms with Crippen molar-refractivity contribution in [3.05, 3.63) is 27.5 Å². The van der Waals surface area contributed by atoms with Crippen LogP contribution >= 0.6 is 22.9 Å². The molecule has 0 atom stereocenters. The third kappa shape index (κ3) is 2.19. The summed E-state index contributed by atoms with van der Waals surface area (Å²) in [5.74, 6) is 0.501. The summed E-state index contributed by atoms with van der Waals surface area (Å²) >= 11 is 7.24. The van der Waals surface area contributed by atoms with Gasteiger partial charge in [0.15, 0.2) is 0 Å². The van der Waals surface area contributed by atoms with Crippen LogP contribution in [0.1, 0.15) is 5.01 Å². The van der Waals surface area contributed by atoms with E-state index in [1.807, 2.05) is 19.1 Å². The molecule has 0 bridgehead atoms. The maximum absolute atomic E-state index is 5.59. The fourth-order valence-corrected chi connectivity index (χ4v) is 1.91. The number of nitrogens with zero attached hydrogens (tertiary/aromatic N) is 1. The van der Waals surface area contributed by atoms with Crippen LogP contribution in [0.3, 0.4) is 0 Å². The van der Waals surface area contributed by atoms with E-state index in [4.69, 9.17) is 11.6 Å². The van der Waals surface area contributed by atoms with Crippen LogP contribution in [0.25, 0.3) is 12.2 Å². The molecule has 0 saturated carbocycles. The molecule has 0 spiro atoms. The topological polar surface area (TPSA) is 12.9 Å². The Kier molecular flexibility index (Phi) is 3.50. The predicted molar refractivity (Wildman–Crippen MR) is 55.9 cm³/mol. The van der Waals surface area contributed by atoms with Gasteiger partial charge in [0.25, 0.3) is 0 Å². The molecule has 0 amide bonds. The fraction of sp³-hybridized carbons (Fsp3) is 0.222. The van der Waals surface area contributed by atoms with Crippen LogP contribution in [0.5, 0.6) is 0 Å². The van der Waals surface area contributed by atoms with Gasteiger partial charge in [-0.3, -0.25) is 0 Å². The van der Waals surface area contributed by atoms with Gasteiger partial charge in [-0.05, 0) is 19.1 Å². The van der Waals surface area contributed by atoms with E-state index in [-0.39, 0.29) is 0 Å². The van der Waals surface area contributed by atoms with Gasteiger partial charge in [-0.2, -0.15) is 0 Å². The first-order valence-corrected chi connectivity index (χ1v) is 4.95. The minimum atomic E-state index is 0.501. The molecular formula is C9H10ClNS. The maximum Gasteiger partial charge on any atom is 0.0907 e. The molecule has 12 heavy (non-hydrogen) atoms. The third-order valence-corrected chi connectivity index (χ3v) is 2.43. The Hall–Kier alpha value is -0.600. The van der Waals surface area contributed by atoms with Gasteiger partial charge in [-0.25, -0.2) is 4.98 Å². The van der Waals surface area contributed by atoms with Gasteiger partial charge in [0, 0.05) is 5.88 Å². The molecule has 64 valence electrons. The summed E-state index contributed by atoms with van der Waals surface area (Å²) in [6.45, 7) is 5.63. The summed E-state index contributed by atoms with van der Waals surface area (Å²) in [5, 5.41) is 2.02. The maximum atomic E-state index is 5.59. The van der Waals surface area contributed by atoms with Gasteiger partial charge in [-0.1, -0.05) is 12.7 Å². The molecule has 0 aliphatic carbocycles. The number of aromatic nitrogens is 1. The quantitative estimate of drug-likeness (QED) is 0.657. The van der Waals surface area contributed by atoms with Crippen LogP contribution in [-0.2, 0) is 0 Å². The number of hydrogen-bond donors (Lipinski definition) is 0. The zero-order chi connectivity index (χ0) is 8.97. The second-order valence-corrected chi connectivity index (χ2v) is 3.79. The van der Waals surface area contributed by atoms with Crippen molar-refractivity contribution in [1.82, 2.24) is 4.98 Å². The van der Waals surface area contributed by atoms with Crippen molar-refractivity contribution < 1.29 is 0 Å². The molecule has 0 fully saturated rings. The number of alkyl halides is 1. The Morgan fingerprint density at radius 2 is 2.42 bits per heavy atom. The standard InChI is InChI=1S/C9H10ClNS/c1-3-4-9-8(5-6-10)11-7(2)12-9/h3-5H,1,6H2,2H3/b8-5+,9-4+. The van der Waals surface area contributed by atoms with E-state index in [0.29, 0.717) is 5.88 Å². The second-order valence-electron chi connectivity index (χ2n) is 2.24.